The monoisotopic (exact) mass is 354 g/mol. The maximum atomic E-state index is 13.9. The Morgan fingerprint density at radius 2 is 1.77 bits per heavy atom. The molecule has 2 aromatic carbocycles. The van der Waals surface area contributed by atoms with E-state index in [2.05, 4.69) is 5.32 Å². The van der Waals surface area contributed by atoms with Crippen molar-refractivity contribution in [1.82, 2.24) is 10.2 Å². The summed E-state index contributed by atoms with van der Waals surface area (Å²) in [6.07, 6.45) is -0.0959. The molecule has 0 bridgehead atoms. The van der Waals surface area contributed by atoms with E-state index in [-0.39, 0.29) is 24.9 Å². The van der Waals surface area contributed by atoms with E-state index in [1.165, 1.54) is 0 Å². The molecule has 1 saturated heterocycles. The van der Waals surface area contributed by atoms with Crippen molar-refractivity contribution < 1.29 is 14.0 Å². The molecule has 4 nitrogen and oxygen atoms in total. The van der Waals surface area contributed by atoms with Crippen LogP contribution in [0.3, 0.4) is 0 Å². The Morgan fingerprint density at radius 3 is 2.38 bits per heavy atom. The van der Waals surface area contributed by atoms with Gasteiger partial charge in [-0.25, -0.2) is 4.39 Å². The second-order valence-electron chi connectivity index (χ2n) is 6.87. The number of amides is 2. The van der Waals surface area contributed by atoms with Gasteiger partial charge in [-0.15, -0.1) is 0 Å². The third-order valence-corrected chi connectivity index (χ3v) is 5.07. The van der Waals surface area contributed by atoms with E-state index in [1.54, 1.807) is 4.90 Å². The highest BCUT2D eigenvalue weighted by atomic mass is 19.1. The van der Waals surface area contributed by atoms with Crippen molar-refractivity contribution in [3.05, 3.63) is 71.8 Å². The van der Waals surface area contributed by atoms with Gasteiger partial charge in [0.25, 0.3) is 0 Å². The molecule has 26 heavy (non-hydrogen) atoms. The molecule has 0 spiro atoms. The Kier molecular flexibility index (Phi) is 5.35. The summed E-state index contributed by atoms with van der Waals surface area (Å²) >= 11 is 0. The van der Waals surface area contributed by atoms with Gasteiger partial charge in [0, 0.05) is 19.5 Å². The predicted molar refractivity (Wildman–Crippen MR) is 97.9 cm³/mol. The molecule has 0 unspecified atom stereocenters. The van der Waals surface area contributed by atoms with Crippen molar-refractivity contribution in [2.75, 3.05) is 13.2 Å². The molecule has 1 heterocycles. The number of nitrogens with one attached hydrogen (secondary N) is 1. The first kappa shape index (κ1) is 18.1. The quantitative estimate of drug-likeness (QED) is 0.866. The van der Waals surface area contributed by atoms with Gasteiger partial charge in [0.2, 0.25) is 11.8 Å². The highest BCUT2D eigenvalue weighted by Gasteiger charge is 2.50. The first-order valence-corrected chi connectivity index (χ1v) is 8.78. The van der Waals surface area contributed by atoms with Gasteiger partial charge in [0.1, 0.15) is 12.1 Å². The molecule has 136 valence electrons. The Morgan fingerprint density at radius 1 is 1.15 bits per heavy atom. The average molecular weight is 354 g/mol. The smallest absolute Gasteiger partial charge is 0.231 e. The van der Waals surface area contributed by atoms with Gasteiger partial charge in [-0.05, 0) is 18.1 Å². The van der Waals surface area contributed by atoms with Gasteiger partial charge in [0.15, 0.2) is 0 Å². The second kappa shape index (κ2) is 7.68. The number of carbonyl (C=O) groups excluding carboxylic acids is 2. The van der Waals surface area contributed by atoms with Crippen LogP contribution in [0.4, 0.5) is 4.39 Å². The van der Waals surface area contributed by atoms with Crippen LogP contribution in [0.2, 0.25) is 0 Å². The third kappa shape index (κ3) is 3.62. The lowest BCUT2D eigenvalue weighted by Gasteiger charge is -2.28. The van der Waals surface area contributed by atoms with Gasteiger partial charge >= 0.3 is 0 Å². The van der Waals surface area contributed by atoms with Crippen molar-refractivity contribution in [1.29, 1.82) is 0 Å². The number of halogens is 1. The Balaban J connectivity index is 1.71. The zero-order valence-corrected chi connectivity index (χ0v) is 14.8. The Labute approximate surface area is 153 Å². The fraction of sp³-hybridized carbons (Fsp3) is 0.333. The Bertz CT molecular complexity index is 766. The maximum Gasteiger partial charge on any atom is 0.231 e. The van der Waals surface area contributed by atoms with Crippen LogP contribution in [-0.2, 0) is 16.1 Å². The summed E-state index contributed by atoms with van der Waals surface area (Å²) < 4.78 is 13.9. The van der Waals surface area contributed by atoms with E-state index >= 15 is 0 Å². The number of carbonyl (C=O) groups is 2. The summed E-state index contributed by atoms with van der Waals surface area (Å²) in [5.74, 6) is -0.589. The molecule has 1 N–H and O–H groups in total. The van der Waals surface area contributed by atoms with E-state index in [9.17, 15) is 14.0 Å². The first-order chi connectivity index (χ1) is 12.6. The fourth-order valence-corrected chi connectivity index (χ4v) is 3.39. The second-order valence-corrected chi connectivity index (χ2v) is 6.87. The van der Waals surface area contributed by atoms with E-state index in [1.807, 2.05) is 67.6 Å². The van der Waals surface area contributed by atoms with Crippen LogP contribution in [0.5, 0.6) is 0 Å². The molecule has 1 fully saturated rings. The molecule has 0 radical (unpaired) electrons. The number of likely N-dealkylation sites (tertiary alicyclic amines) is 1. The van der Waals surface area contributed by atoms with Crippen molar-refractivity contribution in [3.8, 4) is 0 Å². The van der Waals surface area contributed by atoms with Crippen molar-refractivity contribution in [2.24, 2.45) is 5.41 Å². The van der Waals surface area contributed by atoms with Crippen molar-refractivity contribution in [2.45, 2.75) is 25.9 Å². The van der Waals surface area contributed by atoms with E-state index in [4.69, 9.17) is 0 Å². The van der Waals surface area contributed by atoms with Crippen LogP contribution in [-0.4, -0.2) is 29.9 Å². The highest BCUT2D eigenvalue weighted by molar-refractivity contribution is 5.92. The van der Waals surface area contributed by atoms with Gasteiger partial charge in [0.05, 0.1) is 6.04 Å². The van der Waals surface area contributed by atoms with Crippen LogP contribution in [0.25, 0.3) is 0 Å². The van der Waals surface area contributed by atoms with Gasteiger partial charge in [-0.1, -0.05) is 60.7 Å². The zero-order valence-electron chi connectivity index (χ0n) is 14.8. The number of nitrogens with zero attached hydrogens (tertiary/aromatic N) is 1. The number of rotatable bonds is 6. The average Bonchev–Trinajstić information content (AvgIpc) is 3.05. The Hall–Kier alpha value is -2.69. The summed E-state index contributed by atoms with van der Waals surface area (Å²) in [7, 11) is 0. The van der Waals surface area contributed by atoms with E-state index in [0.29, 0.717) is 6.54 Å². The summed E-state index contributed by atoms with van der Waals surface area (Å²) in [6.45, 7) is 1.48. The van der Waals surface area contributed by atoms with Crippen LogP contribution >= 0.6 is 0 Å². The highest BCUT2D eigenvalue weighted by Crippen LogP contribution is 2.37. The van der Waals surface area contributed by atoms with Crippen molar-refractivity contribution in [3.63, 3.8) is 0 Å². The molecular weight excluding hydrogens is 331 g/mol. The summed E-state index contributed by atoms with van der Waals surface area (Å²) in [6, 6.07) is 18.8. The number of alkyl halides is 1. The molecule has 1 aliphatic rings. The molecule has 5 heteroatoms. The predicted octanol–water partition coefficient (Wildman–Crippen LogP) is 3.25. The minimum Gasteiger partial charge on any atom is -0.351 e. The molecule has 2 atom stereocenters. The van der Waals surface area contributed by atoms with E-state index in [0.717, 1.165) is 11.1 Å². The molecule has 2 aromatic rings. The lowest BCUT2D eigenvalue weighted by Crippen LogP contribution is -2.44. The van der Waals surface area contributed by atoms with Gasteiger partial charge < -0.3 is 10.2 Å². The minimum absolute atomic E-state index is 0.0959. The molecule has 2 amide bonds. The molecular formula is C21H23FN2O2. The number of benzene rings is 2. The maximum absolute atomic E-state index is 13.9. The molecule has 3 rings (SSSR count). The fourth-order valence-electron chi connectivity index (χ4n) is 3.39. The summed E-state index contributed by atoms with van der Waals surface area (Å²) in [5.41, 5.74) is 0.600. The van der Waals surface area contributed by atoms with Crippen LogP contribution in [0, 0.1) is 5.41 Å². The standard InChI is InChI=1S/C21H23FN2O2/c1-16(18-10-6-3-7-11-18)24-15-21(14-22,12-19(24)25)20(26)23-13-17-8-4-2-5-9-17/h2-11,16H,12-15H2,1H3,(H,23,26)/t16-,21+/m1/s1. The number of hydrogen-bond donors (Lipinski definition) is 1. The summed E-state index contributed by atoms with van der Waals surface area (Å²) in [4.78, 5) is 26.8. The molecule has 1 aliphatic heterocycles. The lowest BCUT2D eigenvalue weighted by molar-refractivity contribution is -0.133. The zero-order chi connectivity index (χ0) is 18.6. The third-order valence-electron chi connectivity index (χ3n) is 5.07. The molecule has 0 aliphatic carbocycles. The van der Waals surface area contributed by atoms with Gasteiger partial charge in [-0.2, -0.15) is 0 Å². The first-order valence-electron chi connectivity index (χ1n) is 8.78. The van der Waals surface area contributed by atoms with Gasteiger partial charge in [-0.3, -0.25) is 9.59 Å². The van der Waals surface area contributed by atoms with E-state index < -0.39 is 18.0 Å². The van der Waals surface area contributed by atoms with Crippen molar-refractivity contribution >= 4 is 11.8 Å². The lowest BCUT2D eigenvalue weighted by atomic mass is 9.87. The van der Waals surface area contributed by atoms with Crippen LogP contribution in [0.1, 0.15) is 30.5 Å². The van der Waals surface area contributed by atoms with Crippen LogP contribution < -0.4 is 5.32 Å². The molecule has 0 saturated carbocycles. The summed E-state index contributed by atoms with van der Waals surface area (Å²) in [5, 5.41) is 2.79. The largest absolute Gasteiger partial charge is 0.351 e. The molecule has 0 aromatic heterocycles. The SMILES string of the molecule is C[C@H](c1ccccc1)N1C[C@](CF)(C(=O)NCc2ccccc2)CC1=O. The minimum atomic E-state index is -1.31. The van der Waals surface area contributed by atoms with Crippen LogP contribution in [0.15, 0.2) is 60.7 Å². The number of hydrogen-bond acceptors (Lipinski definition) is 2. The normalized spacial score (nSPS) is 20.8. The topological polar surface area (TPSA) is 49.4 Å².